The lowest BCUT2D eigenvalue weighted by Crippen LogP contribution is -2.57. The van der Waals surface area contributed by atoms with Crippen LogP contribution in [0.15, 0.2) is 125 Å². The number of carbonyl (C=O) groups excluding carboxylic acids is 4. The number of nitro benzene ring substituents is 1. The van der Waals surface area contributed by atoms with Crippen LogP contribution in [0.4, 0.5) is 17.1 Å². The predicted molar refractivity (Wildman–Crippen MR) is 397 cm³/mol. The number of nitrogens with zero attached hydrogens (tertiary/aromatic N) is 7. The van der Waals surface area contributed by atoms with E-state index in [1.165, 1.54) is 39.9 Å². The summed E-state index contributed by atoms with van der Waals surface area (Å²) in [6.07, 6.45) is 13.3. The zero-order chi connectivity index (χ0) is 71.6. The average molecular weight is 1440 g/mol. The van der Waals surface area contributed by atoms with Crippen LogP contribution >= 0.6 is 22.9 Å². The molecule has 0 radical (unpaired) electrons. The van der Waals surface area contributed by atoms with Gasteiger partial charge in [-0.05, 0) is 153 Å². The smallest absolute Gasteiger partial charge is 0.293 e. The molecule has 3 saturated heterocycles. The lowest BCUT2D eigenvalue weighted by molar-refractivity contribution is -0.384. The highest BCUT2D eigenvalue weighted by atomic mass is 35.5. The number of nitrogens with one attached hydrogen (secondary N) is 5. The number of unbranched alkanes of at least 4 members (excludes halogenated alkanes) is 5. The number of likely N-dealkylation sites (tertiary alicyclic amines) is 2. The normalized spacial score (nSPS) is 18.7. The van der Waals surface area contributed by atoms with E-state index in [-0.39, 0.29) is 66.1 Å². The maximum atomic E-state index is 14.2. The first-order valence-electron chi connectivity index (χ1n) is 35.4. The molecule has 1 unspecified atom stereocenters. The van der Waals surface area contributed by atoms with Crippen LogP contribution in [0.1, 0.15) is 145 Å². The van der Waals surface area contributed by atoms with Crippen LogP contribution in [-0.2, 0) is 31.0 Å². The van der Waals surface area contributed by atoms with Crippen molar-refractivity contribution in [2.45, 2.75) is 155 Å². The molecule has 4 aromatic carbocycles. The topological polar surface area (TPSA) is 278 Å². The third-order valence-corrected chi connectivity index (χ3v) is 22.6. The number of β-amino-alcohol motifs (C(OH)–C–C–N with tert-alkyl or cyclic N) is 1. The molecule has 0 spiro atoms. The number of halogens is 1. The quantitative estimate of drug-likeness (QED) is 0.0151. The summed E-state index contributed by atoms with van der Waals surface area (Å²) >= 11 is 7.86. The Balaban J connectivity index is 0.622. The molecule has 6 heterocycles. The summed E-state index contributed by atoms with van der Waals surface area (Å²) in [4.78, 5) is 88.4. The van der Waals surface area contributed by atoms with E-state index in [1.807, 2.05) is 75.7 Å². The Kier molecular flexibility index (Phi) is 24.0. The maximum Gasteiger partial charge on any atom is 0.293 e. The minimum Gasteiger partial charge on any atom is -0.455 e. The van der Waals surface area contributed by atoms with Gasteiger partial charge in [0.2, 0.25) is 17.7 Å². The van der Waals surface area contributed by atoms with Gasteiger partial charge < -0.3 is 45.5 Å². The van der Waals surface area contributed by atoms with E-state index in [0.717, 1.165) is 142 Å². The van der Waals surface area contributed by atoms with Gasteiger partial charge in [0.25, 0.3) is 21.6 Å². The summed E-state index contributed by atoms with van der Waals surface area (Å²) in [5.41, 5.74) is 9.44. The molecule has 7 aromatic rings. The van der Waals surface area contributed by atoms with Crippen molar-refractivity contribution in [3.05, 3.63) is 158 Å². The van der Waals surface area contributed by atoms with E-state index in [0.29, 0.717) is 42.5 Å². The number of piperidine rings is 1. The number of hydrogen-bond donors (Lipinski definition) is 6. The van der Waals surface area contributed by atoms with Crippen molar-refractivity contribution in [1.29, 1.82) is 0 Å². The van der Waals surface area contributed by atoms with E-state index in [1.54, 1.807) is 41.8 Å². The number of aryl methyl sites for hydroxylation is 1. The summed E-state index contributed by atoms with van der Waals surface area (Å²) in [5, 5.41) is 33.9. The van der Waals surface area contributed by atoms with E-state index >= 15 is 0 Å². The van der Waals surface area contributed by atoms with E-state index in [2.05, 4.69) is 76.3 Å². The summed E-state index contributed by atoms with van der Waals surface area (Å²) in [6, 6.07) is 26.6. The number of pyridine rings is 1. The molecule has 11 rings (SSSR count). The minimum absolute atomic E-state index is 0.000928. The number of aromatic amines is 1. The first kappa shape index (κ1) is 73.9. The lowest BCUT2D eigenvalue weighted by Gasteiger charge is -2.39. The number of allylic oxidation sites excluding steroid dienone is 1. The number of fused-ring (bicyclic) bond motifs is 1. The number of aliphatic hydroxyl groups is 1. The number of thiazole rings is 1. The summed E-state index contributed by atoms with van der Waals surface area (Å²) in [6.45, 7) is 19.5. The van der Waals surface area contributed by atoms with Crippen LogP contribution in [0, 0.1) is 33.8 Å². The van der Waals surface area contributed by atoms with Gasteiger partial charge >= 0.3 is 0 Å². The standard InChI is InChI=1S/C76H95ClN12O10S2/c1-50-69(100-49-82-50)54-18-16-51(17-19-54)43-81-73(93)66-40-59(90)48-88(66)74(94)70(75(2,3)4)83-68(91)15-11-9-7-8-10-12-32-85-33-13-14-52(46-85)44-79-64-27-25-61(41-65(64)89(95)96)101(97,98)84-72(92)62-26-24-58(39-67(62)99-60-38-55-29-31-78-71(55)80-45-60)87-36-34-86(35-37-87)47-56-28-30-76(5,6)42-63(56)53-20-22-57(77)23-21-53/h16-27,29,31,38-39,41,45,49,52,59,66,70,79,90H,7-15,28,30,32-37,40,42-44,46-48H2,1-6H3,(H,78,80)(H,81,93)(H,83,91)(H,84,92)/t52?,59-,66+,70-/m1/s1. The van der Waals surface area contributed by atoms with E-state index in [9.17, 15) is 42.8 Å². The Labute approximate surface area is 601 Å². The van der Waals surface area contributed by atoms with Crippen molar-refractivity contribution in [3.8, 4) is 21.9 Å². The number of rotatable bonds is 28. The van der Waals surface area contributed by atoms with Gasteiger partial charge in [-0.25, -0.2) is 23.1 Å². The molecule has 25 heteroatoms. The third-order valence-electron chi connectivity index (χ3n) is 20.1. The molecular weight excluding hydrogens is 1340 g/mol. The molecule has 4 aliphatic rings. The zero-order valence-electron chi connectivity index (χ0n) is 58.7. The molecule has 101 heavy (non-hydrogen) atoms. The number of ether oxygens (including phenoxy) is 1. The summed E-state index contributed by atoms with van der Waals surface area (Å²) in [5.74, 6) is -1.33. The molecule has 3 aromatic heterocycles. The number of H-pyrrole nitrogens is 1. The Bertz CT molecular complexity index is 4240. The molecule has 3 fully saturated rings. The lowest BCUT2D eigenvalue weighted by atomic mass is 9.72. The number of aliphatic hydroxyl groups excluding tert-OH is 1. The second-order valence-corrected chi connectivity index (χ2v) is 32.4. The Morgan fingerprint density at radius 1 is 0.881 bits per heavy atom. The van der Waals surface area contributed by atoms with Gasteiger partial charge in [0.1, 0.15) is 34.9 Å². The molecular formula is C76H95ClN12O10S2. The fourth-order valence-electron chi connectivity index (χ4n) is 14.3. The molecule has 6 N–H and O–H groups in total. The first-order valence-corrected chi connectivity index (χ1v) is 38.1. The number of anilines is 2. The molecule has 4 amide bonds. The van der Waals surface area contributed by atoms with Gasteiger partial charge in [-0.2, -0.15) is 0 Å². The fourth-order valence-corrected chi connectivity index (χ4v) is 16.2. The number of sulfonamides is 1. The predicted octanol–water partition coefficient (Wildman–Crippen LogP) is 12.9. The number of carbonyl (C=O) groups is 4. The number of hydrogen-bond acceptors (Lipinski definition) is 17. The van der Waals surface area contributed by atoms with Gasteiger partial charge in [0.15, 0.2) is 0 Å². The SMILES string of the molecule is Cc1ncsc1-c1ccc(CNC(=O)[C@@H]2C[C@@H](O)CN2C(=O)[C@@H](NC(=O)CCCCCCCCN2CCCC(CNc3ccc(S(=O)(=O)NC(=O)c4ccc(N5CCN(CC6=C(c7ccc(Cl)cc7)CC(C)(C)CC6)CC5)cc4Oc4cnc5[nH]ccc5c4)cc3[N+](=O)[O-])C2)C(C)(C)C)cc1. The Hall–Kier alpha value is -8.26. The van der Waals surface area contributed by atoms with Crippen LogP contribution in [0.3, 0.4) is 0 Å². The average Bonchev–Trinajstić information content (AvgIpc) is 2.19. The van der Waals surface area contributed by atoms with E-state index < -0.39 is 60.9 Å². The number of nitro groups is 1. The molecule has 0 saturated carbocycles. The molecule has 1 aliphatic carbocycles. The Morgan fingerprint density at radius 3 is 2.36 bits per heavy atom. The molecule has 4 atom stereocenters. The van der Waals surface area contributed by atoms with Crippen molar-refractivity contribution in [3.63, 3.8) is 0 Å². The third kappa shape index (κ3) is 19.3. The Morgan fingerprint density at radius 2 is 1.62 bits per heavy atom. The first-order chi connectivity index (χ1) is 48.3. The van der Waals surface area contributed by atoms with Crippen LogP contribution in [0.5, 0.6) is 11.5 Å². The fraction of sp³-hybridized carbons (Fsp3) is 0.474. The van der Waals surface area contributed by atoms with Gasteiger partial charge in [0.05, 0.1) is 43.8 Å². The van der Waals surface area contributed by atoms with Gasteiger partial charge in [-0.3, -0.25) is 34.2 Å². The van der Waals surface area contributed by atoms with Crippen molar-refractivity contribution in [2.75, 3.05) is 75.7 Å². The highest BCUT2D eigenvalue weighted by molar-refractivity contribution is 7.90. The largest absolute Gasteiger partial charge is 0.455 e. The summed E-state index contributed by atoms with van der Waals surface area (Å²) in [7, 11) is -4.65. The molecule has 538 valence electrons. The number of aromatic nitrogens is 3. The van der Waals surface area contributed by atoms with Crippen molar-refractivity contribution in [2.24, 2.45) is 16.7 Å². The van der Waals surface area contributed by atoms with Crippen LogP contribution < -0.4 is 30.3 Å². The monoisotopic (exact) mass is 1430 g/mol. The van der Waals surface area contributed by atoms with Crippen molar-refractivity contribution >= 4 is 90.3 Å². The summed E-state index contributed by atoms with van der Waals surface area (Å²) < 4.78 is 36.7. The molecule has 22 nitrogen and oxygen atoms in total. The highest BCUT2D eigenvalue weighted by Gasteiger charge is 2.45. The zero-order valence-corrected chi connectivity index (χ0v) is 61.1. The minimum atomic E-state index is -4.65. The van der Waals surface area contributed by atoms with E-state index in [4.69, 9.17) is 16.3 Å². The van der Waals surface area contributed by atoms with Crippen molar-refractivity contribution in [1.82, 2.24) is 45.0 Å². The van der Waals surface area contributed by atoms with Crippen LogP contribution in [-0.4, -0.2) is 155 Å². The van der Waals surface area contributed by atoms with Gasteiger partial charge in [0, 0.05) is 106 Å². The number of amides is 4. The second-order valence-electron chi connectivity index (χ2n) is 29.4. The number of benzene rings is 4. The highest BCUT2D eigenvalue weighted by Crippen LogP contribution is 2.44. The van der Waals surface area contributed by atoms with Crippen molar-refractivity contribution < 1.29 is 42.4 Å². The van der Waals surface area contributed by atoms with Crippen LogP contribution in [0.25, 0.3) is 27.0 Å². The number of piperazine rings is 1. The van der Waals surface area contributed by atoms with Crippen LogP contribution in [0.2, 0.25) is 5.02 Å². The maximum absolute atomic E-state index is 14.2. The molecule has 0 bridgehead atoms. The second kappa shape index (κ2) is 32.8. The van der Waals surface area contributed by atoms with Gasteiger partial charge in [-0.15, -0.1) is 11.3 Å². The molecule has 3 aliphatic heterocycles. The van der Waals surface area contributed by atoms with Gasteiger partial charge in [-0.1, -0.05) is 114 Å².